The van der Waals surface area contributed by atoms with Gasteiger partial charge in [-0.3, -0.25) is 0 Å². The van der Waals surface area contributed by atoms with Gasteiger partial charge in [-0.2, -0.15) is 0 Å². The van der Waals surface area contributed by atoms with Crippen molar-refractivity contribution >= 4 is 6.09 Å². The number of epoxide rings is 2. The fourth-order valence-electron chi connectivity index (χ4n) is 6.40. The lowest BCUT2D eigenvalue weighted by atomic mass is 9.68. The molecule has 180 valence electrons. The molecule has 7 atom stereocenters. The number of nitrogens with zero attached hydrogens (tertiary/aromatic N) is 2. The van der Waals surface area contributed by atoms with Crippen molar-refractivity contribution in [3.63, 3.8) is 0 Å². The lowest BCUT2D eigenvalue weighted by Crippen LogP contribution is -2.59. The molecule has 5 rings (SSSR count). The molecule has 1 spiro atoms. The summed E-state index contributed by atoms with van der Waals surface area (Å²) < 4.78 is 24.4. The number of carbonyl (C=O) groups excluding carboxylic acids is 1. The van der Waals surface area contributed by atoms with E-state index >= 15 is 0 Å². The Bertz CT molecular complexity index is 743. The molecule has 0 aromatic carbocycles. The third kappa shape index (κ3) is 4.10. The number of carbonyl (C=O) groups is 1. The smallest absolute Gasteiger partial charge is 0.410 e. The Morgan fingerprint density at radius 1 is 1.19 bits per heavy atom. The molecule has 7 heteroatoms. The van der Waals surface area contributed by atoms with E-state index in [1.807, 2.05) is 4.90 Å². The third-order valence-corrected chi connectivity index (χ3v) is 8.54. The van der Waals surface area contributed by atoms with Crippen LogP contribution in [0.4, 0.5) is 4.79 Å². The van der Waals surface area contributed by atoms with Crippen molar-refractivity contribution in [2.75, 3.05) is 39.9 Å². The Kier molecular flexibility index (Phi) is 6.06. The number of ether oxygens (including phenoxy) is 4. The number of hydrogen-bond acceptors (Lipinski definition) is 6. The number of methoxy groups -OCH3 is 1. The fraction of sp³-hybridized carbons (Fsp3) is 0.880. The quantitative estimate of drug-likeness (QED) is 0.439. The van der Waals surface area contributed by atoms with Gasteiger partial charge in [-0.25, -0.2) is 4.79 Å². The van der Waals surface area contributed by atoms with Crippen molar-refractivity contribution in [3.8, 4) is 0 Å². The van der Waals surface area contributed by atoms with Crippen LogP contribution >= 0.6 is 0 Å². The van der Waals surface area contributed by atoms with Crippen molar-refractivity contribution in [1.29, 1.82) is 0 Å². The van der Waals surface area contributed by atoms with E-state index in [-0.39, 0.29) is 47.6 Å². The molecule has 0 aromatic heterocycles. The summed E-state index contributed by atoms with van der Waals surface area (Å²) >= 11 is 0. The van der Waals surface area contributed by atoms with E-state index in [2.05, 4.69) is 31.7 Å². The average molecular weight is 449 g/mol. The molecule has 0 aromatic rings. The Hall–Kier alpha value is -1.15. The zero-order chi connectivity index (χ0) is 22.5. The molecule has 4 saturated heterocycles. The van der Waals surface area contributed by atoms with Gasteiger partial charge in [0.15, 0.2) is 0 Å². The molecule has 1 amide bonds. The van der Waals surface area contributed by atoms with Crippen LogP contribution in [0.3, 0.4) is 0 Å². The predicted molar refractivity (Wildman–Crippen MR) is 121 cm³/mol. The Morgan fingerprint density at radius 2 is 1.94 bits per heavy atom. The van der Waals surface area contributed by atoms with Gasteiger partial charge in [0.1, 0.15) is 23.4 Å². The van der Waals surface area contributed by atoms with E-state index in [0.717, 1.165) is 58.5 Å². The maximum absolute atomic E-state index is 13.1. The SMILES string of the molecule is CO[C@H]1C([C@@]2(C)O[C@@H]2CC=C(C)C)[C@]2(CC[C@H]1OC(=O)N1CC[C@@H]1CN1CCCC1)CO2. The third-order valence-electron chi connectivity index (χ3n) is 8.54. The maximum Gasteiger partial charge on any atom is 0.410 e. The Labute approximate surface area is 192 Å². The molecule has 0 bridgehead atoms. The summed E-state index contributed by atoms with van der Waals surface area (Å²) in [6.45, 7) is 11.2. The molecule has 1 unspecified atom stereocenters. The van der Waals surface area contributed by atoms with Crippen LogP contribution in [0.5, 0.6) is 0 Å². The summed E-state index contributed by atoms with van der Waals surface area (Å²) in [5.74, 6) is 0.0684. The molecule has 5 fully saturated rings. The molecule has 4 heterocycles. The highest BCUT2D eigenvalue weighted by Crippen LogP contribution is 2.59. The van der Waals surface area contributed by atoms with Crippen molar-refractivity contribution in [2.24, 2.45) is 5.92 Å². The molecule has 5 aliphatic rings. The molecule has 7 nitrogen and oxygen atoms in total. The van der Waals surface area contributed by atoms with Crippen LogP contribution in [0, 0.1) is 5.92 Å². The van der Waals surface area contributed by atoms with Crippen LogP contribution < -0.4 is 0 Å². The highest BCUT2D eigenvalue weighted by Gasteiger charge is 2.72. The average Bonchev–Trinajstić information content (AvgIpc) is 3.57. The first-order valence-corrected chi connectivity index (χ1v) is 12.5. The summed E-state index contributed by atoms with van der Waals surface area (Å²) in [5.41, 5.74) is 0.813. The number of hydrogen-bond donors (Lipinski definition) is 0. The zero-order valence-corrected chi connectivity index (χ0v) is 20.2. The van der Waals surface area contributed by atoms with E-state index in [1.165, 1.54) is 18.4 Å². The van der Waals surface area contributed by atoms with E-state index in [0.29, 0.717) is 0 Å². The normalized spacial score (nSPS) is 43.1. The molecular weight excluding hydrogens is 408 g/mol. The minimum Gasteiger partial charge on any atom is -0.443 e. The van der Waals surface area contributed by atoms with Crippen LogP contribution in [0.2, 0.25) is 0 Å². The molecule has 4 aliphatic heterocycles. The van der Waals surface area contributed by atoms with Crippen molar-refractivity contribution in [2.45, 2.75) is 94.9 Å². The largest absolute Gasteiger partial charge is 0.443 e. The summed E-state index contributed by atoms with van der Waals surface area (Å²) in [5, 5.41) is 0. The van der Waals surface area contributed by atoms with Gasteiger partial charge in [0.2, 0.25) is 0 Å². The second kappa shape index (κ2) is 8.57. The molecule has 1 saturated carbocycles. The van der Waals surface area contributed by atoms with E-state index < -0.39 is 0 Å². The van der Waals surface area contributed by atoms with Gasteiger partial charge < -0.3 is 28.7 Å². The highest BCUT2D eigenvalue weighted by molar-refractivity contribution is 5.69. The topological polar surface area (TPSA) is 67.1 Å². The number of likely N-dealkylation sites (tertiary alicyclic amines) is 2. The van der Waals surface area contributed by atoms with Crippen molar-refractivity contribution in [1.82, 2.24) is 9.80 Å². The molecule has 0 radical (unpaired) electrons. The highest BCUT2D eigenvalue weighted by atomic mass is 16.6. The van der Waals surface area contributed by atoms with Gasteiger partial charge in [0.05, 0.1) is 18.6 Å². The Morgan fingerprint density at radius 3 is 2.53 bits per heavy atom. The van der Waals surface area contributed by atoms with Crippen LogP contribution in [-0.2, 0) is 18.9 Å². The van der Waals surface area contributed by atoms with Crippen LogP contribution in [0.1, 0.15) is 59.3 Å². The summed E-state index contributed by atoms with van der Waals surface area (Å²) in [6, 6.07) is 0.289. The lowest BCUT2D eigenvalue weighted by molar-refractivity contribution is -0.125. The molecule has 1 aliphatic carbocycles. The van der Waals surface area contributed by atoms with E-state index in [4.69, 9.17) is 18.9 Å². The first-order chi connectivity index (χ1) is 15.4. The van der Waals surface area contributed by atoms with E-state index in [1.54, 1.807) is 7.11 Å². The second-order valence-electron chi connectivity index (χ2n) is 10.9. The zero-order valence-electron chi connectivity index (χ0n) is 20.2. The van der Waals surface area contributed by atoms with Gasteiger partial charge in [0, 0.05) is 26.2 Å². The van der Waals surface area contributed by atoms with E-state index in [9.17, 15) is 4.79 Å². The number of rotatable bonds is 7. The monoisotopic (exact) mass is 448 g/mol. The molecule has 0 N–H and O–H groups in total. The number of allylic oxidation sites excluding steroid dienone is 1. The minimum atomic E-state index is -0.302. The first-order valence-electron chi connectivity index (χ1n) is 12.5. The van der Waals surface area contributed by atoms with Gasteiger partial charge in [-0.15, -0.1) is 0 Å². The molecular formula is C25H40N2O5. The van der Waals surface area contributed by atoms with Crippen molar-refractivity contribution < 1.29 is 23.7 Å². The van der Waals surface area contributed by atoms with Crippen molar-refractivity contribution in [3.05, 3.63) is 11.6 Å². The standard InChI is InChI=1S/C25H40N2O5/c1-17(2)7-8-20-24(3,32-20)22-21(29-4)19(9-11-25(22)16-30-25)31-23(28)27-14-10-18(27)15-26-12-5-6-13-26/h7,18-22H,5-6,8-16H2,1-4H3/t18-,19-,20-,21-,22?,24+,25+/m1/s1. The minimum absolute atomic E-state index is 0.0684. The fourth-order valence-corrected chi connectivity index (χ4v) is 6.40. The summed E-state index contributed by atoms with van der Waals surface area (Å²) in [6.07, 6.45) is 7.94. The predicted octanol–water partition coefficient (Wildman–Crippen LogP) is 3.37. The first kappa shape index (κ1) is 22.6. The number of amides is 1. The van der Waals surface area contributed by atoms with Crippen LogP contribution in [-0.4, -0.2) is 91.3 Å². The van der Waals surface area contributed by atoms with Crippen LogP contribution in [0.25, 0.3) is 0 Å². The summed E-state index contributed by atoms with van der Waals surface area (Å²) in [4.78, 5) is 17.5. The maximum atomic E-state index is 13.1. The Balaban J connectivity index is 1.24. The lowest BCUT2D eigenvalue weighted by Gasteiger charge is -2.45. The second-order valence-corrected chi connectivity index (χ2v) is 10.9. The van der Waals surface area contributed by atoms with Gasteiger partial charge >= 0.3 is 6.09 Å². The summed E-state index contributed by atoms with van der Waals surface area (Å²) in [7, 11) is 1.73. The van der Waals surface area contributed by atoms with Gasteiger partial charge in [-0.05, 0) is 72.4 Å². The van der Waals surface area contributed by atoms with Crippen LogP contribution in [0.15, 0.2) is 11.6 Å². The van der Waals surface area contributed by atoms with Gasteiger partial charge in [0.25, 0.3) is 0 Å². The van der Waals surface area contributed by atoms with Gasteiger partial charge in [-0.1, -0.05) is 11.6 Å². The molecule has 32 heavy (non-hydrogen) atoms.